The Balaban J connectivity index is 1.64. The summed E-state index contributed by atoms with van der Waals surface area (Å²) in [6.45, 7) is 0.239. The van der Waals surface area contributed by atoms with Crippen LogP contribution in [-0.4, -0.2) is 17.1 Å². The third-order valence-electron chi connectivity index (χ3n) is 4.71. The van der Waals surface area contributed by atoms with E-state index in [9.17, 15) is 5.26 Å². The second-order valence-electron chi connectivity index (χ2n) is 6.83. The van der Waals surface area contributed by atoms with Gasteiger partial charge in [0.2, 0.25) is 0 Å². The van der Waals surface area contributed by atoms with Crippen molar-refractivity contribution in [3.8, 4) is 17.6 Å². The SMILES string of the molecule is COc1cc(/C=C(\C#N)c2nc3ccccc3[nH]2)cc(Br)c1OCc1ccc(Cl)cc1Cl. The Morgan fingerprint density at radius 3 is 2.72 bits per heavy atom. The standard InChI is InChI=1S/C24H16BrCl2N3O2/c1-31-22-10-14(8-16(12-28)24-29-20-4-2-3-5-21(20)30-24)9-18(25)23(22)32-13-15-6-7-17(26)11-19(15)27/h2-11H,13H2,1H3,(H,29,30)/b16-8+. The van der Waals surface area contributed by atoms with Crippen molar-refractivity contribution in [2.24, 2.45) is 0 Å². The number of para-hydroxylation sites is 2. The highest BCUT2D eigenvalue weighted by molar-refractivity contribution is 9.10. The van der Waals surface area contributed by atoms with Gasteiger partial charge in [0.25, 0.3) is 0 Å². The number of methoxy groups -OCH3 is 1. The number of nitrogens with zero attached hydrogens (tertiary/aromatic N) is 2. The number of allylic oxidation sites excluding steroid dienone is 1. The second-order valence-corrected chi connectivity index (χ2v) is 8.53. The van der Waals surface area contributed by atoms with Gasteiger partial charge in [-0.3, -0.25) is 0 Å². The maximum Gasteiger partial charge on any atom is 0.175 e. The average Bonchev–Trinajstić information content (AvgIpc) is 3.21. The molecule has 0 aliphatic rings. The van der Waals surface area contributed by atoms with Crippen molar-refractivity contribution in [1.82, 2.24) is 9.97 Å². The number of ether oxygens (including phenoxy) is 2. The summed E-state index contributed by atoms with van der Waals surface area (Å²) >= 11 is 15.7. The van der Waals surface area contributed by atoms with Crippen molar-refractivity contribution in [2.45, 2.75) is 6.61 Å². The number of fused-ring (bicyclic) bond motifs is 1. The molecular weight excluding hydrogens is 513 g/mol. The van der Waals surface area contributed by atoms with Gasteiger partial charge in [0.05, 0.1) is 28.2 Å². The van der Waals surface area contributed by atoms with Gasteiger partial charge < -0.3 is 14.5 Å². The van der Waals surface area contributed by atoms with Gasteiger partial charge in [0.15, 0.2) is 11.5 Å². The lowest BCUT2D eigenvalue weighted by Crippen LogP contribution is -2.00. The minimum absolute atomic E-state index is 0.239. The molecule has 1 aromatic heterocycles. The predicted molar refractivity (Wildman–Crippen MR) is 131 cm³/mol. The van der Waals surface area contributed by atoms with Crippen LogP contribution >= 0.6 is 39.1 Å². The molecule has 3 aromatic carbocycles. The zero-order valence-corrected chi connectivity index (χ0v) is 19.9. The topological polar surface area (TPSA) is 70.9 Å². The van der Waals surface area contributed by atoms with Crippen LogP contribution in [0.25, 0.3) is 22.7 Å². The highest BCUT2D eigenvalue weighted by Gasteiger charge is 2.14. The summed E-state index contributed by atoms with van der Waals surface area (Å²) in [5, 5.41) is 10.8. The van der Waals surface area contributed by atoms with Crippen molar-refractivity contribution >= 4 is 61.8 Å². The Morgan fingerprint density at radius 1 is 1.19 bits per heavy atom. The van der Waals surface area contributed by atoms with Gasteiger partial charge in [-0.2, -0.15) is 5.26 Å². The molecule has 0 unspecified atom stereocenters. The minimum atomic E-state index is 0.239. The summed E-state index contributed by atoms with van der Waals surface area (Å²) in [4.78, 5) is 7.68. The number of benzene rings is 3. The first-order valence-electron chi connectivity index (χ1n) is 9.49. The van der Waals surface area contributed by atoms with Crippen LogP contribution in [-0.2, 0) is 6.61 Å². The lowest BCUT2D eigenvalue weighted by atomic mass is 10.1. The highest BCUT2D eigenvalue weighted by Crippen LogP contribution is 2.38. The van der Waals surface area contributed by atoms with Crippen LogP contribution in [0.5, 0.6) is 11.5 Å². The van der Waals surface area contributed by atoms with Crippen LogP contribution in [0, 0.1) is 11.3 Å². The van der Waals surface area contributed by atoms with Gasteiger partial charge in [-0.1, -0.05) is 41.4 Å². The van der Waals surface area contributed by atoms with E-state index in [1.807, 2.05) is 36.4 Å². The van der Waals surface area contributed by atoms with Gasteiger partial charge in [0.1, 0.15) is 18.5 Å². The molecule has 4 aromatic rings. The fraction of sp³-hybridized carbons (Fsp3) is 0.0833. The maximum atomic E-state index is 9.70. The van der Waals surface area contributed by atoms with Crippen LogP contribution in [0.3, 0.4) is 0 Å². The van der Waals surface area contributed by atoms with Crippen LogP contribution in [0.15, 0.2) is 59.1 Å². The molecule has 4 rings (SSSR count). The van der Waals surface area contributed by atoms with Crippen molar-refractivity contribution in [3.05, 3.63) is 86.1 Å². The molecule has 0 amide bonds. The smallest absolute Gasteiger partial charge is 0.175 e. The zero-order valence-electron chi connectivity index (χ0n) is 16.8. The van der Waals surface area contributed by atoms with E-state index in [4.69, 9.17) is 32.7 Å². The number of H-pyrrole nitrogens is 1. The molecule has 0 saturated carbocycles. The van der Waals surface area contributed by atoms with E-state index >= 15 is 0 Å². The first kappa shape index (κ1) is 22.2. The van der Waals surface area contributed by atoms with Crippen molar-refractivity contribution < 1.29 is 9.47 Å². The first-order valence-corrected chi connectivity index (χ1v) is 11.0. The Kier molecular flexibility index (Phi) is 6.71. The Hall–Kier alpha value is -2.98. The Morgan fingerprint density at radius 2 is 2.00 bits per heavy atom. The molecule has 8 heteroatoms. The molecule has 0 atom stereocenters. The van der Waals surface area contributed by atoms with E-state index in [0.717, 1.165) is 22.2 Å². The van der Waals surface area contributed by atoms with E-state index in [2.05, 4.69) is 32.0 Å². The van der Waals surface area contributed by atoms with Crippen molar-refractivity contribution in [3.63, 3.8) is 0 Å². The van der Waals surface area contributed by atoms with Gasteiger partial charge in [-0.15, -0.1) is 0 Å². The van der Waals surface area contributed by atoms with Gasteiger partial charge in [-0.05, 0) is 64.0 Å². The molecule has 0 aliphatic carbocycles. The molecule has 0 radical (unpaired) electrons. The molecular formula is C24H16BrCl2N3O2. The molecule has 0 spiro atoms. The van der Waals surface area contributed by atoms with E-state index < -0.39 is 0 Å². The zero-order chi connectivity index (χ0) is 22.7. The number of imidazole rings is 1. The normalized spacial score (nSPS) is 11.4. The minimum Gasteiger partial charge on any atom is -0.493 e. The molecule has 32 heavy (non-hydrogen) atoms. The summed E-state index contributed by atoms with van der Waals surface area (Å²) < 4.78 is 12.2. The Labute approximate surface area is 203 Å². The third-order valence-corrected chi connectivity index (χ3v) is 5.89. The number of rotatable bonds is 6. The number of aromatic nitrogens is 2. The van der Waals surface area contributed by atoms with E-state index in [1.165, 1.54) is 0 Å². The van der Waals surface area contributed by atoms with Crippen LogP contribution in [0.1, 0.15) is 17.0 Å². The van der Waals surface area contributed by atoms with Gasteiger partial charge in [0, 0.05) is 15.6 Å². The summed E-state index contributed by atoms with van der Waals surface area (Å²) in [5.41, 5.74) is 3.61. The highest BCUT2D eigenvalue weighted by atomic mass is 79.9. The number of hydrogen-bond acceptors (Lipinski definition) is 4. The molecule has 0 fully saturated rings. The molecule has 1 N–H and O–H groups in total. The number of hydrogen-bond donors (Lipinski definition) is 1. The predicted octanol–water partition coefficient (Wildman–Crippen LogP) is 7.28. The molecule has 0 bridgehead atoms. The molecule has 0 aliphatic heterocycles. The van der Waals surface area contributed by atoms with Crippen LogP contribution in [0.4, 0.5) is 0 Å². The van der Waals surface area contributed by atoms with Crippen LogP contribution in [0.2, 0.25) is 10.0 Å². The number of halogens is 3. The lowest BCUT2D eigenvalue weighted by Gasteiger charge is -2.14. The van der Waals surface area contributed by atoms with Crippen LogP contribution < -0.4 is 9.47 Å². The van der Waals surface area contributed by atoms with Gasteiger partial charge >= 0.3 is 0 Å². The maximum absolute atomic E-state index is 9.70. The van der Waals surface area contributed by atoms with E-state index in [0.29, 0.717) is 37.4 Å². The van der Waals surface area contributed by atoms with Crippen molar-refractivity contribution in [2.75, 3.05) is 7.11 Å². The Bertz CT molecular complexity index is 1340. The fourth-order valence-electron chi connectivity index (χ4n) is 3.15. The number of aromatic amines is 1. The average molecular weight is 529 g/mol. The summed E-state index contributed by atoms with van der Waals surface area (Å²) in [7, 11) is 1.56. The monoisotopic (exact) mass is 527 g/mol. The van der Waals surface area contributed by atoms with E-state index in [1.54, 1.807) is 31.4 Å². The molecule has 5 nitrogen and oxygen atoms in total. The van der Waals surface area contributed by atoms with E-state index in [-0.39, 0.29) is 6.61 Å². The number of nitrogens with one attached hydrogen (secondary N) is 1. The van der Waals surface area contributed by atoms with Gasteiger partial charge in [-0.25, -0.2) is 4.98 Å². The lowest BCUT2D eigenvalue weighted by molar-refractivity contribution is 0.282. The largest absolute Gasteiger partial charge is 0.493 e. The fourth-order valence-corrected chi connectivity index (χ4v) is 4.19. The molecule has 0 saturated heterocycles. The molecule has 1 heterocycles. The second kappa shape index (κ2) is 9.66. The van der Waals surface area contributed by atoms with Crippen molar-refractivity contribution in [1.29, 1.82) is 5.26 Å². The summed E-state index contributed by atoms with van der Waals surface area (Å²) in [6.07, 6.45) is 1.74. The summed E-state index contributed by atoms with van der Waals surface area (Å²) in [5.74, 6) is 1.54. The summed E-state index contributed by atoms with van der Waals surface area (Å²) in [6, 6.07) is 18.7. The first-order chi connectivity index (χ1) is 15.5. The quantitative estimate of drug-likeness (QED) is 0.267. The number of nitriles is 1. The third kappa shape index (κ3) is 4.76. The molecule has 160 valence electrons.